The Kier molecular flexibility index (Phi) is 4.66. The standard InChI is InChI=1S/C25H23FN2O2/c1-16(2)29-20-13-9-17(10-14-20)22-15-23-21-5-3-4-6-24(21)30-25(28(23)27-22)18-7-11-19(26)12-8-18/h3-14,16,23,25H,15H2,1-2H3/t23-,25-/m1/s1. The van der Waals surface area contributed by atoms with Crippen LogP contribution in [0.1, 0.15) is 49.2 Å². The minimum Gasteiger partial charge on any atom is -0.491 e. The van der Waals surface area contributed by atoms with Gasteiger partial charge in [0.15, 0.2) is 0 Å². The summed E-state index contributed by atoms with van der Waals surface area (Å²) in [7, 11) is 0. The lowest BCUT2D eigenvalue weighted by Gasteiger charge is -2.38. The summed E-state index contributed by atoms with van der Waals surface area (Å²) in [4.78, 5) is 0. The molecule has 0 N–H and O–H groups in total. The zero-order valence-corrected chi connectivity index (χ0v) is 17.0. The lowest BCUT2D eigenvalue weighted by atomic mass is 9.96. The number of ether oxygens (including phenoxy) is 2. The van der Waals surface area contributed by atoms with Crippen LogP contribution >= 0.6 is 0 Å². The van der Waals surface area contributed by atoms with Gasteiger partial charge in [0.1, 0.15) is 17.3 Å². The Morgan fingerprint density at radius 2 is 1.73 bits per heavy atom. The van der Waals surface area contributed by atoms with Crippen molar-refractivity contribution in [2.75, 3.05) is 0 Å². The predicted molar refractivity (Wildman–Crippen MR) is 114 cm³/mol. The average molecular weight is 402 g/mol. The smallest absolute Gasteiger partial charge is 0.213 e. The summed E-state index contributed by atoms with van der Waals surface area (Å²) in [5.74, 6) is 1.44. The van der Waals surface area contributed by atoms with Gasteiger partial charge in [0.2, 0.25) is 6.23 Å². The maximum Gasteiger partial charge on any atom is 0.213 e. The van der Waals surface area contributed by atoms with E-state index in [4.69, 9.17) is 14.6 Å². The van der Waals surface area contributed by atoms with E-state index in [1.165, 1.54) is 12.1 Å². The number of hydrazone groups is 1. The monoisotopic (exact) mass is 402 g/mol. The molecule has 0 bridgehead atoms. The topological polar surface area (TPSA) is 34.1 Å². The van der Waals surface area contributed by atoms with Crippen LogP contribution in [0.25, 0.3) is 0 Å². The molecule has 3 aromatic rings. The van der Waals surface area contributed by atoms with Gasteiger partial charge in [-0.1, -0.05) is 30.3 Å². The van der Waals surface area contributed by atoms with E-state index in [1.54, 1.807) is 12.1 Å². The van der Waals surface area contributed by atoms with Crippen LogP contribution in [0.5, 0.6) is 11.5 Å². The van der Waals surface area contributed by atoms with Crippen molar-refractivity contribution in [1.29, 1.82) is 0 Å². The molecule has 2 atom stereocenters. The molecule has 5 heteroatoms. The molecule has 3 aromatic carbocycles. The van der Waals surface area contributed by atoms with E-state index in [0.717, 1.165) is 40.3 Å². The highest BCUT2D eigenvalue weighted by Gasteiger charge is 2.40. The Balaban J connectivity index is 1.50. The average Bonchev–Trinajstić information content (AvgIpc) is 3.20. The number of benzene rings is 3. The Labute approximate surface area is 175 Å². The van der Waals surface area contributed by atoms with E-state index in [1.807, 2.05) is 49.2 Å². The summed E-state index contributed by atoms with van der Waals surface area (Å²) in [6.45, 7) is 4.03. The molecule has 0 fully saturated rings. The number of rotatable bonds is 4. The molecule has 152 valence electrons. The molecule has 0 radical (unpaired) electrons. The minimum atomic E-state index is -0.397. The van der Waals surface area contributed by atoms with Crippen molar-refractivity contribution in [1.82, 2.24) is 5.01 Å². The molecule has 4 nitrogen and oxygen atoms in total. The highest BCUT2D eigenvalue weighted by molar-refractivity contribution is 6.02. The van der Waals surface area contributed by atoms with Crippen LogP contribution in [0.15, 0.2) is 77.9 Å². The lowest BCUT2D eigenvalue weighted by molar-refractivity contribution is -0.0190. The van der Waals surface area contributed by atoms with Crippen molar-refractivity contribution in [3.05, 3.63) is 95.3 Å². The van der Waals surface area contributed by atoms with Gasteiger partial charge in [0, 0.05) is 17.5 Å². The highest BCUT2D eigenvalue weighted by atomic mass is 19.1. The molecular formula is C25H23FN2O2. The van der Waals surface area contributed by atoms with Gasteiger partial charge in [0.05, 0.1) is 17.9 Å². The molecule has 0 saturated heterocycles. The van der Waals surface area contributed by atoms with E-state index in [9.17, 15) is 4.39 Å². The Bertz CT molecular complexity index is 1080. The number of hydrogen-bond acceptors (Lipinski definition) is 4. The van der Waals surface area contributed by atoms with E-state index < -0.39 is 6.23 Å². The fourth-order valence-electron chi connectivity index (χ4n) is 4.05. The van der Waals surface area contributed by atoms with Crippen molar-refractivity contribution in [2.45, 2.75) is 38.6 Å². The van der Waals surface area contributed by atoms with Crippen LogP contribution in [0.2, 0.25) is 0 Å². The second-order valence-corrected chi connectivity index (χ2v) is 7.90. The normalized spacial score (nSPS) is 19.7. The van der Waals surface area contributed by atoms with E-state index in [-0.39, 0.29) is 18.0 Å². The summed E-state index contributed by atoms with van der Waals surface area (Å²) < 4.78 is 25.5. The Morgan fingerprint density at radius 1 is 1.00 bits per heavy atom. The number of hydrogen-bond donors (Lipinski definition) is 0. The number of para-hydroxylation sites is 1. The first kappa shape index (κ1) is 18.7. The third kappa shape index (κ3) is 3.41. The van der Waals surface area contributed by atoms with Gasteiger partial charge >= 0.3 is 0 Å². The fourth-order valence-corrected chi connectivity index (χ4v) is 4.05. The maximum absolute atomic E-state index is 13.5. The van der Waals surface area contributed by atoms with Gasteiger partial charge in [-0.05, 0) is 61.9 Å². The molecule has 5 rings (SSSR count). The molecule has 0 amide bonds. The molecule has 2 heterocycles. The number of fused-ring (bicyclic) bond motifs is 3. The quantitative estimate of drug-likeness (QED) is 0.549. The second-order valence-electron chi connectivity index (χ2n) is 7.90. The number of halogens is 1. The fraction of sp³-hybridized carbons (Fsp3) is 0.240. The SMILES string of the molecule is CC(C)Oc1ccc(C2=NN3[C@H](C2)c2ccccc2O[C@@H]3c2ccc(F)cc2)cc1. The summed E-state index contributed by atoms with van der Waals surface area (Å²) in [6, 6.07) is 22.7. The van der Waals surface area contributed by atoms with Crippen molar-refractivity contribution in [2.24, 2.45) is 5.10 Å². The minimum absolute atomic E-state index is 0.0755. The number of nitrogens with zero attached hydrogens (tertiary/aromatic N) is 2. The molecule has 2 aliphatic rings. The Hall–Kier alpha value is -3.34. The summed E-state index contributed by atoms with van der Waals surface area (Å²) in [5, 5.41) is 6.94. The maximum atomic E-state index is 13.5. The summed E-state index contributed by atoms with van der Waals surface area (Å²) in [6.07, 6.45) is 0.521. The van der Waals surface area contributed by atoms with Crippen LogP contribution in [0, 0.1) is 5.82 Å². The van der Waals surface area contributed by atoms with Gasteiger partial charge in [-0.25, -0.2) is 9.40 Å². The van der Waals surface area contributed by atoms with Crippen molar-refractivity contribution in [3.63, 3.8) is 0 Å². The van der Waals surface area contributed by atoms with Crippen LogP contribution < -0.4 is 9.47 Å². The van der Waals surface area contributed by atoms with Crippen molar-refractivity contribution >= 4 is 5.71 Å². The van der Waals surface area contributed by atoms with Gasteiger partial charge in [0.25, 0.3) is 0 Å². The first-order valence-electron chi connectivity index (χ1n) is 10.2. The largest absolute Gasteiger partial charge is 0.491 e. The molecule has 0 aromatic heterocycles. The molecule has 0 spiro atoms. The molecular weight excluding hydrogens is 379 g/mol. The molecule has 2 aliphatic heterocycles. The molecule has 0 saturated carbocycles. The Morgan fingerprint density at radius 3 is 2.47 bits per heavy atom. The molecule has 30 heavy (non-hydrogen) atoms. The predicted octanol–water partition coefficient (Wildman–Crippen LogP) is 5.86. The van der Waals surface area contributed by atoms with Crippen molar-refractivity contribution < 1.29 is 13.9 Å². The summed E-state index contributed by atoms with van der Waals surface area (Å²) >= 11 is 0. The molecule has 0 aliphatic carbocycles. The van der Waals surface area contributed by atoms with Crippen LogP contribution in [0.3, 0.4) is 0 Å². The van der Waals surface area contributed by atoms with Crippen LogP contribution in [-0.4, -0.2) is 16.8 Å². The van der Waals surface area contributed by atoms with Gasteiger partial charge in [-0.3, -0.25) is 0 Å². The first-order chi connectivity index (χ1) is 14.6. The van der Waals surface area contributed by atoms with Crippen LogP contribution in [0.4, 0.5) is 4.39 Å². The second kappa shape index (κ2) is 7.48. The van der Waals surface area contributed by atoms with Crippen LogP contribution in [-0.2, 0) is 0 Å². The zero-order valence-electron chi connectivity index (χ0n) is 17.0. The van der Waals surface area contributed by atoms with Gasteiger partial charge < -0.3 is 9.47 Å². The van der Waals surface area contributed by atoms with Crippen molar-refractivity contribution in [3.8, 4) is 11.5 Å². The zero-order chi connectivity index (χ0) is 20.7. The third-order valence-electron chi connectivity index (χ3n) is 5.41. The van der Waals surface area contributed by atoms with Gasteiger partial charge in [-0.2, -0.15) is 5.10 Å². The third-order valence-corrected chi connectivity index (χ3v) is 5.41. The van der Waals surface area contributed by atoms with Gasteiger partial charge in [-0.15, -0.1) is 0 Å². The lowest BCUT2D eigenvalue weighted by Crippen LogP contribution is -2.33. The van der Waals surface area contributed by atoms with E-state index in [0.29, 0.717) is 0 Å². The van der Waals surface area contributed by atoms with E-state index >= 15 is 0 Å². The molecule has 0 unspecified atom stereocenters. The first-order valence-corrected chi connectivity index (χ1v) is 10.2. The highest BCUT2D eigenvalue weighted by Crippen LogP contribution is 2.47. The van der Waals surface area contributed by atoms with E-state index in [2.05, 4.69) is 18.2 Å². The summed E-state index contributed by atoms with van der Waals surface area (Å²) in [5.41, 5.74) is 4.07.